The molecule has 4 heteroatoms. The van der Waals surface area contributed by atoms with Crippen molar-refractivity contribution in [1.82, 2.24) is 5.32 Å². The van der Waals surface area contributed by atoms with Crippen LogP contribution in [0.3, 0.4) is 0 Å². The third kappa shape index (κ3) is 4.60. The summed E-state index contributed by atoms with van der Waals surface area (Å²) in [6, 6.07) is 6.86. The standard InChI is InChI=1S/C17H27ClN2O/c1-5-14-12-21-9-8-20(14)15-7-6-13(16(18)10-15)11-19-17(2,3)4/h6-7,10,14,19H,5,8-9,11-12H2,1-4H3. The first kappa shape index (κ1) is 16.6. The first-order chi connectivity index (χ1) is 9.90. The Morgan fingerprint density at radius 3 is 2.76 bits per heavy atom. The second-order valence-corrected chi connectivity index (χ2v) is 7.12. The number of ether oxygens (including phenoxy) is 1. The van der Waals surface area contributed by atoms with E-state index in [2.05, 4.69) is 56.1 Å². The summed E-state index contributed by atoms with van der Waals surface area (Å²) in [6.45, 7) is 12.0. The summed E-state index contributed by atoms with van der Waals surface area (Å²) in [5, 5.41) is 4.32. The number of hydrogen-bond acceptors (Lipinski definition) is 3. The van der Waals surface area contributed by atoms with Gasteiger partial charge in [-0.05, 0) is 44.9 Å². The van der Waals surface area contributed by atoms with Crippen LogP contribution in [0, 0.1) is 0 Å². The largest absolute Gasteiger partial charge is 0.377 e. The van der Waals surface area contributed by atoms with Crippen LogP contribution in [0.15, 0.2) is 18.2 Å². The molecular weight excluding hydrogens is 284 g/mol. The molecule has 21 heavy (non-hydrogen) atoms. The molecule has 1 N–H and O–H groups in total. The highest BCUT2D eigenvalue weighted by Crippen LogP contribution is 2.27. The average Bonchev–Trinajstić information content (AvgIpc) is 2.45. The van der Waals surface area contributed by atoms with Crippen LogP contribution in [-0.2, 0) is 11.3 Å². The van der Waals surface area contributed by atoms with Gasteiger partial charge in [-0.3, -0.25) is 0 Å². The summed E-state index contributed by atoms with van der Waals surface area (Å²) in [4.78, 5) is 2.41. The van der Waals surface area contributed by atoms with Crippen molar-refractivity contribution in [2.24, 2.45) is 0 Å². The summed E-state index contributed by atoms with van der Waals surface area (Å²) < 4.78 is 5.57. The van der Waals surface area contributed by atoms with Gasteiger partial charge in [0.2, 0.25) is 0 Å². The lowest BCUT2D eigenvalue weighted by Gasteiger charge is -2.37. The van der Waals surface area contributed by atoms with Crippen molar-refractivity contribution in [3.05, 3.63) is 28.8 Å². The van der Waals surface area contributed by atoms with Gasteiger partial charge in [0, 0.05) is 29.3 Å². The molecule has 3 nitrogen and oxygen atoms in total. The molecular formula is C17H27ClN2O. The molecule has 1 aliphatic rings. The molecule has 1 fully saturated rings. The van der Waals surface area contributed by atoms with Gasteiger partial charge >= 0.3 is 0 Å². The van der Waals surface area contributed by atoms with Crippen LogP contribution in [0.1, 0.15) is 39.7 Å². The zero-order chi connectivity index (χ0) is 15.5. The van der Waals surface area contributed by atoms with Gasteiger partial charge in [-0.1, -0.05) is 24.6 Å². The van der Waals surface area contributed by atoms with E-state index in [0.29, 0.717) is 6.04 Å². The number of morpholine rings is 1. The van der Waals surface area contributed by atoms with Crippen molar-refractivity contribution in [2.75, 3.05) is 24.7 Å². The number of rotatable bonds is 4. The van der Waals surface area contributed by atoms with Crippen LogP contribution in [-0.4, -0.2) is 31.3 Å². The molecule has 1 aromatic carbocycles. The van der Waals surface area contributed by atoms with Crippen molar-refractivity contribution in [1.29, 1.82) is 0 Å². The molecule has 2 rings (SSSR count). The third-order valence-corrected chi connectivity index (χ3v) is 4.23. The van der Waals surface area contributed by atoms with Gasteiger partial charge < -0.3 is 15.0 Å². The fourth-order valence-corrected chi connectivity index (χ4v) is 2.79. The monoisotopic (exact) mass is 310 g/mol. The van der Waals surface area contributed by atoms with Gasteiger partial charge in [-0.25, -0.2) is 0 Å². The maximum atomic E-state index is 6.47. The maximum Gasteiger partial charge on any atom is 0.0670 e. The lowest BCUT2D eigenvalue weighted by atomic mass is 10.1. The molecule has 118 valence electrons. The van der Waals surface area contributed by atoms with E-state index in [1.807, 2.05) is 0 Å². The Morgan fingerprint density at radius 1 is 1.38 bits per heavy atom. The molecule has 0 amide bonds. The third-order valence-electron chi connectivity index (χ3n) is 3.88. The van der Waals surface area contributed by atoms with E-state index in [4.69, 9.17) is 16.3 Å². The Hall–Kier alpha value is -0.770. The highest BCUT2D eigenvalue weighted by Gasteiger charge is 2.22. The first-order valence-corrected chi connectivity index (χ1v) is 8.16. The topological polar surface area (TPSA) is 24.5 Å². The van der Waals surface area contributed by atoms with Gasteiger partial charge in [0.15, 0.2) is 0 Å². The number of halogens is 1. The normalized spacial score (nSPS) is 19.9. The number of anilines is 1. The van der Waals surface area contributed by atoms with E-state index in [1.165, 1.54) is 5.69 Å². The van der Waals surface area contributed by atoms with Gasteiger partial charge in [-0.2, -0.15) is 0 Å². The minimum atomic E-state index is 0.0967. The van der Waals surface area contributed by atoms with Crippen LogP contribution in [0.5, 0.6) is 0 Å². The summed E-state index contributed by atoms with van der Waals surface area (Å²) in [5.41, 5.74) is 2.45. The minimum absolute atomic E-state index is 0.0967. The van der Waals surface area contributed by atoms with Crippen LogP contribution < -0.4 is 10.2 Å². The Balaban J connectivity index is 2.10. The van der Waals surface area contributed by atoms with Gasteiger partial charge in [0.25, 0.3) is 0 Å². The van der Waals surface area contributed by atoms with E-state index >= 15 is 0 Å². The molecule has 1 saturated heterocycles. The zero-order valence-electron chi connectivity index (χ0n) is 13.6. The van der Waals surface area contributed by atoms with Gasteiger partial charge in [-0.15, -0.1) is 0 Å². The smallest absolute Gasteiger partial charge is 0.0670 e. The molecule has 0 spiro atoms. The summed E-state index contributed by atoms with van der Waals surface area (Å²) in [6.07, 6.45) is 1.09. The van der Waals surface area contributed by atoms with Gasteiger partial charge in [0.1, 0.15) is 0 Å². The second-order valence-electron chi connectivity index (χ2n) is 6.71. The molecule has 0 bridgehead atoms. The van der Waals surface area contributed by atoms with E-state index in [1.54, 1.807) is 0 Å². The molecule has 0 radical (unpaired) electrons. The molecule has 0 aliphatic carbocycles. The highest BCUT2D eigenvalue weighted by molar-refractivity contribution is 6.31. The van der Waals surface area contributed by atoms with Crippen LogP contribution in [0.2, 0.25) is 5.02 Å². The lowest BCUT2D eigenvalue weighted by Crippen LogP contribution is -2.45. The molecule has 1 atom stereocenters. The molecule has 1 aliphatic heterocycles. The van der Waals surface area contributed by atoms with Crippen molar-refractivity contribution < 1.29 is 4.74 Å². The number of benzene rings is 1. The molecule has 0 saturated carbocycles. The summed E-state index contributed by atoms with van der Waals surface area (Å²) >= 11 is 6.47. The predicted molar refractivity (Wildman–Crippen MR) is 90.3 cm³/mol. The molecule has 1 unspecified atom stereocenters. The molecule has 1 heterocycles. The van der Waals surface area contributed by atoms with E-state index in [0.717, 1.165) is 43.3 Å². The number of hydrogen-bond donors (Lipinski definition) is 1. The van der Waals surface area contributed by atoms with Crippen LogP contribution in [0.4, 0.5) is 5.69 Å². The van der Waals surface area contributed by atoms with E-state index < -0.39 is 0 Å². The van der Waals surface area contributed by atoms with Crippen molar-refractivity contribution in [3.8, 4) is 0 Å². The number of nitrogens with one attached hydrogen (secondary N) is 1. The van der Waals surface area contributed by atoms with E-state index in [-0.39, 0.29) is 5.54 Å². The van der Waals surface area contributed by atoms with Crippen molar-refractivity contribution >= 4 is 17.3 Å². The maximum absolute atomic E-state index is 6.47. The average molecular weight is 311 g/mol. The first-order valence-electron chi connectivity index (χ1n) is 7.78. The van der Waals surface area contributed by atoms with Crippen molar-refractivity contribution in [2.45, 2.75) is 52.2 Å². The Morgan fingerprint density at radius 2 is 2.14 bits per heavy atom. The second kappa shape index (κ2) is 6.99. The van der Waals surface area contributed by atoms with Crippen LogP contribution in [0.25, 0.3) is 0 Å². The van der Waals surface area contributed by atoms with E-state index in [9.17, 15) is 0 Å². The Bertz CT molecular complexity index is 470. The fraction of sp³-hybridized carbons (Fsp3) is 0.647. The zero-order valence-corrected chi connectivity index (χ0v) is 14.3. The van der Waals surface area contributed by atoms with Crippen LogP contribution >= 0.6 is 11.6 Å². The molecule has 1 aromatic rings. The highest BCUT2D eigenvalue weighted by atomic mass is 35.5. The minimum Gasteiger partial charge on any atom is -0.377 e. The Kier molecular flexibility index (Phi) is 5.53. The van der Waals surface area contributed by atoms with Crippen molar-refractivity contribution in [3.63, 3.8) is 0 Å². The summed E-state index contributed by atoms with van der Waals surface area (Å²) in [7, 11) is 0. The van der Waals surface area contributed by atoms with Gasteiger partial charge in [0.05, 0.1) is 19.3 Å². The predicted octanol–water partition coefficient (Wildman–Crippen LogP) is 3.84. The fourth-order valence-electron chi connectivity index (χ4n) is 2.55. The number of nitrogens with zero attached hydrogens (tertiary/aromatic N) is 1. The SMILES string of the molecule is CCC1COCCN1c1ccc(CNC(C)(C)C)c(Cl)c1. The lowest BCUT2D eigenvalue weighted by molar-refractivity contribution is 0.0930. The quantitative estimate of drug-likeness (QED) is 0.914. The molecule has 0 aromatic heterocycles. The Labute approximate surface area is 133 Å². The summed E-state index contributed by atoms with van der Waals surface area (Å²) in [5.74, 6) is 0.